The van der Waals surface area contributed by atoms with Gasteiger partial charge in [0.1, 0.15) is 11.6 Å². The summed E-state index contributed by atoms with van der Waals surface area (Å²) in [7, 11) is 1.56. The molecule has 0 spiro atoms. The molecule has 1 aromatic carbocycles. The van der Waals surface area contributed by atoms with Crippen molar-refractivity contribution >= 4 is 17.6 Å². The fourth-order valence-corrected chi connectivity index (χ4v) is 1.61. The van der Waals surface area contributed by atoms with Crippen molar-refractivity contribution in [2.24, 2.45) is 11.7 Å². The van der Waals surface area contributed by atoms with E-state index in [-0.39, 0.29) is 11.8 Å². The van der Waals surface area contributed by atoms with Gasteiger partial charge in [0.05, 0.1) is 13.2 Å². The normalized spacial score (nSPS) is 11.8. The molecule has 0 saturated carbocycles. The lowest BCUT2D eigenvalue weighted by Gasteiger charge is -2.21. The summed E-state index contributed by atoms with van der Waals surface area (Å²) in [5.41, 5.74) is 6.06. The molecule has 0 radical (unpaired) electrons. The molecule has 104 valence electrons. The van der Waals surface area contributed by atoms with Gasteiger partial charge in [-0.3, -0.25) is 5.41 Å². The minimum atomic E-state index is -0.481. The van der Waals surface area contributed by atoms with Gasteiger partial charge in [0.2, 0.25) is 0 Å². The number of hydrogen-bond acceptors (Lipinski definition) is 3. The van der Waals surface area contributed by atoms with Gasteiger partial charge in [-0.05, 0) is 18.1 Å². The van der Waals surface area contributed by atoms with Crippen molar-refractivity contribution in [3.8, 4) is 5.75 Å². The predicted octanol–water partition coefficient (Wildman–Crippen LogP) is 1.78. The van der Waals surface area contributed by atoms with Gasteiger partial charge in [-0.2, -0.15) is 0 Å². The second-order valence-electron chi connectivity index (χ2n) is 4.51. The Morgan fingerprint density at radius 2 is 2.11 bits per heavy atom. The first-order valence-electron chi connectivity index (χ1n) is 5.99. The van der Waals surface area contributed by atoms with Crippen LogP contribution in [0.3, 0.4) is 0 Å². The Labute approximate surface area is 112 Å². The van der Waals surface area contributed by atoms with Gasteiger partial charge >= 0.3 is 6.03 Å². The Kier molecular flexibility index (Phi) is 5.17. The van der Waals surface area contributed by atoms with Crippen LogP contribution in [-0.2, 0) is 0 Å². The lowest BCUT2D eigenvalue weighted by Crippen LogP contribution is -2.48. The van der Waals surface area contributed by atoms with E-state index in [2.05, 4.69) is 10.6 Å². The first kappa shape index (κ1) is 14.8. The van der Waals surface area contributed by atoms with Crippen LogP contribution in [0.2, 0.25) is 0 Å². The molecule has 19 heavy (non-hydrogen) atoms. The molecule has 0 aliphatic carbocycles. The minimum absolute atomic E-state index is 0.0496. The van der Waals surface area contributed by atoms with Crippen molar-refractivity contribution in [3.63, 3.8) is 0 Å². The van der Waals surface area contributed by atoms with Crippen molar-refractivity contribution in [1.82, 2.24) is 5.32 Å². The van der Waals surface area contributed by atoms with Crippen LogP contribution in [0, 0.1) is 11.3 Å². The van der Waals surface area contributed by atoms with Gasteiger partial charge in [-0.25, -0.2) is 4.79 Å². The molecule has 2 amide bonds. The van der Waals surface area contributed by atoms with Crippen molar-refractivity contribution in [3.05, 3.63) is 24.3 Å². The second kappa shape index (κ2) is 6.63. The maximum atomic E-state index is 11.8. The number of benzene rings is 1. The van der Waals surface area contributed by atoms with Gasteiger partial charge in [0.25, 0.3) is 0 Å². The quantitative estimate of drug-likeness (QED) is 0.481. The number of urea groups is 1. The zero-order chi connectivity index (χ0) is 14.4. The topological polar surface area (TPSA) is 100 Å². The average Bonchev–Trinajstić information content (AvgIpc) is 2.35. The maximum Gasteiger partial charge on any atom is 0.319 e. The number of rotatable bonds is 5. The first-order chi connectivity index (χ1) is 8.93. The summed E-state index contributed by atoms with van der Waals surface area (Å²) in [4.78, 5) is 11.8. The summed E-state index contributed by atoms with van der Waals surface area (Å²) in [5.74, 6) is 0.647. The van der Waals surface area contributed by atoms with E-state index in [1.165, 1.54) is 0 Å². The van der Waals surface area contributed by atoms with Crippen LogP contribution in [0.1, 0.15) is 13.8 Å². The van der Waals surface area contributed by atoms with Crippen molar-refractivity contribution in [1.29, 1.82) is 5.41 Å². The van der Waals surface area contributed by atoms with Gasteiger partial charge in [0, 0.05) is 11.8 Å². The number of amides is 2. The summed E-state index contributed by atoms with van der Waals surface area (Å²) < 4.78 is 5.07. The number of hydrogen-bond donors (Lipinski definition) is 4. The molecule has 0 fully saturated rings. The molecule has 5 N–H and O–H groups in total. The highest BCUT2D eigenvalue weighted by atomic mass is 16.5. The van der Waals surface area contributed by atoms with Gasteiger partial charge in [0.15, 0.2) is 0 Å². The van der Waals surface area contributed by atoms with Crippen LogP contribution >= 0.6 is 0 Å². The lowest BCUT2D eigenvalue weighted by atomic mass is 10.0. The van der Waals surface area contributed by atoms with Crippen LogP contribution in [0.4, 0.5) is 10.5 Å². The van der Waals surface area contributed by atoms with Crippen molar-refractivity contribution in [2.45, 2.75) is 19.9 Å². The molecular weight excluding hydrogens is 244 g/mol. The largest absolute Gasteiger partial charge is 0.497 e. The molecule has 1 aromatic rings. The molecular formula is C13H20N4O2. The summed E-state index contributed by atoms with van der Waals surface area (Å²) >= 11 is 0. The van der Waals surface area contributed by atoms with E-state index in [1.54, 1.807) is 31.4 Å². The lowest BCUT2D eigenvalue weighted by molar-refractivity contribution is 0.248. The molecule has 0 heterocycles. The monoisotopic (exact) mass is 264 g/mol. The smallest absolute Gasteiger partial charge is 0.319 e. The first-order valence-corrected chi connectivity index (χ1v) is 5.99. The molecule has 6 heteroatoms. The average molecular weight is 264 g/mol. The van der Waals surface area contributed by atoms with Crippen molar-refractivity contribution < 1.29 is 9.53 Å². The molecule has 0 saturated heterocycles. The third-order valence-electron chi connectivity index (χ3n) is 2.62. The fraction of sp³-hybridized carbons (Fsp3) is 0.385. The highest BCUT2D eigenvalue weighted by molar-refractivity contribution is 5.94. The summed E-state index contributed by atoms with van der Waals surface area (Å²) in [6.07, 6.45) is 0. The van der Waals surface area contributed by atoms with Crippen LogP contribution < -0.4 is 21.1 Å². The number of anilines is 1. The van der Waals surface area contributed by atoms with E-state index >= 15 is 0 Å². The van der Waals surface area contributed by atoms with Crippen LogP contribution in [0.15, 0.2) is 24.3 Å². The Morgan fingerprint density at radius 1 is 1.42 bits per heavy atom. The van der Waals surface area contributed by atoms with E-state index < -0.39 is 12.1 Å². The van der Waals surface area contributed by atoms with Gasteiger partial charge in [-0.1, -0.05) is 19.9 Å². The number of nitrogens with one attached hydrogen (secondary N) is 3. The summed E-state index contributed by atoms with van der Waals surface area (Å²) in [5, 5.41) is 12.8. The molecule has 0 aliphatic heterocycles. The highest BCUT2D eigenvalue weighted by Crippen LogP contribution is 2.16. The number of carbonyl (C=O) groups excluding carboxylic acids is 1. The predicted molar refractivity (Wildman–Crippen MR) is 75.7 cm³/mol. The Morgan fingerprint density at radius 3 is 2.63 bits per heavy atom. The van der Waals surface area contributed by atoms with E-state index in [9.17, 15) is 4.79 Å². The minimum Gasteiger partial charge on any atom is -0.497 e. The zero-order valence-corrected chi connectivity index (χ0v) is 11.4. The Bertz CT molecular complexity index is 460. The van der Waals surface area contributed by atoms with E-state index in [4.69, 9.17) is 15.9 Å². The molecule has 1 rings (SSSR count). The number of amidine groups is 1. The molecule has 0 aliphatic rings. The molecule has 6 nitrogen and oxygen atoms in total. The van der Waals surface area contributed by atoms with E-state index in [1.807, 2.05) is 13.8 Å². The fourth-order valence-electron chi connectivity index (χ4n) is 1.61. The third kappa shape index (κ3) is 4.50. The maximum absolute atomic E-state index is 11.8. The van der Waals surface area contributed by atoms with E-state index in [0.717, 1.165) is 0 Å². The molecule has 1 atom stereocenters. The van der Waals surface area contributed by atoms with Crippen LogP contribution in [0.5, 0.6) is 5.75 Å². The highest BCUT2D eigenvalue weighted by Gasteiger charge is 2.18. The van der Waals surface area contributed by atoms with Gasteiger partial charge < -0.3 is 21.1 Å². The number of nitrogens with two attached hydrogens (primary N) is 1. The Balaban J connectivity index is 2.66. The SMILES string of the molecule is COc1cccc(NC(=O)NC(C(=N)N)C(C)C)c1. The molecule has 0 bridgehead atoms. The second-order valence-corrected chi connectivity index (χ2v) is 4.51. The summed E-state index contributed by atoms with van der Waals surface area (Å²) in [6.45, 7) is 3.77. The zero-order valence-electron chi connectivity index (χ0n) is 11.4. The standard InChI is InChI=1S/C13H20N4O2/c1-8(2)11(12(14)15)17-13(18)16-9-5-4-6-10(7-9)19-3/h4-8,11H,1-3H3,(H3,14,15)(H2,16,17,18). The van der Waals surface area contributed by atoms with Crippen LogP contribution in [-0.4, -0.2) is 25.0 Å². The number of methoxy groups -OCH3 is 1. The van der Waals surface area contributed by atoms with Gasteiger partial charge in [-0.15, -0.1) is 0 Å². The number of carbonyl (C=O) groups is 1. The van der Waals surface area contributed by atoms with Crippen molar-refractivity contribution in [2.75, 3.05) is 12.4 Å². The van der Waals surface area contributed by atoms with E-state index in [0.29, 0.717) is 11.4 Å². The Hall–Kier alpha value is -2.24. The summed E-state index contributed by atoms with van der Waals surface area (Å²) in [6, 6.07) is 6.14. The third-order valence-corrected chi connectivity index (χ3v) is 2.62. The number of ether oxygens (including phenoxy) is 1. The molecule has 0 aromatic heterocycles. The molecule has 1 unspecified atom stereocenters. The van der Waals surface area contributed by atoms with Crippen LogP contribution in [0.25, 0.3) is 0 Å².